The van der Waals surface area contributed by atoms with Crippen molar-refractivity contribution in [2.45, 2.75) is 38.5 Å². The number of carbonyl (C=O) groups is 2. The molecule has 160 valence electrons. The van der Waals surface area contributed by atoms with Gasteiger partial charge < -0.3 is 10.6 Å². The number of carbonyl (C=O) groups excluding carboxylic acids is 2. The third-order valence-electron chi connectivity index (χ3n) is 4.88. The summed E-state index contributed by atoms with van der Waals surface area (Å²) >= 11 is 0. The van der Waals surface area contributed by atoms with Gasteiger partial charge in [0.05, 0.1) is 4.90 Å². The molecule has 0 bridgehead atoms. The number of amides is 2. The second-order valence-electron chi connectivity index (χ2n) is 8.37. The van der Waals surface area contributed by atoms with E-state index in [1.807, 2.05) is 20.8 Å². The van der Waals surface area contributed by atoms with Crippen molar-refractivity contribution in [1.82, 2.24) is 4.31 Å². The molecule has 1 heterocycles. The Bertz CT molecular complexity index is 1030. The van der Waals surface area contributed by atoms with Crippen molar-refractivity contribution in [2.75, 3.05) is 23.7 Å². The van der Waals surface area contributed by atoms with Gasteiger partial charge in [0.25, 0.3) is 5.91 Å². The second kappa shape index (κ2) is 8.57. The molecule has 1 aliphatic rings. The summed E-state index contributed by atoms with van der Waals surface area (Å²) in [4.78, 5) is 25.0. The summed E-state index contributed by atoms with van der Waals surface area (Å²) in [6.07, 6.45) is 1.76. The van der Waals surface area contributed by atoms with E-state index in [2.05, 4.69) is 10.6 Å². The number of sulfonamides is 1. The van der Waals surface area contributed by atoms with Crippen molar-refractivity contribution in [3.63, 3.8) is 0 Å². The highest BCUT2D eigenvalue weighted by atomic mass is 32.2. The van der Waals surface area contributed by atoms with Gasteiger partial charge in [-0.2, -0.15) is 4.31 Å². The van der Waals surface area contributed by atoms with E-state index < -0.39 is 15.4 Å². The average Bonchev–Trinajstić information content (AvgIpc) is 3.23. The molecular weight excluding hydrogens is 402 g/mol. The van der Waals surface area contributed by atoms with Crippen molar-refractivity contribution < 1.29 is 18.0 Å². The molecule has 2 aromatic rings. The van der Waals surface area contributed by atoms with Crippen LogP contribution in [0.3, 0.4) is 0 Å². The standard InChI is InChI=1S/C22H27N3O4S/c1-22(2,3)21(27)24-18-8-6-7-16(15-18)20(26)23-17-9-11-19(12-10-17)30(28,29)25-13-4-5-14-25/h6-12,15H,4-5,13-14H2,1-3H3,(H,23,26)(H,24,27). The first kappa shape index (κ1) is 22.0. The van der Waals surface area contributed by atoms with Gasteiger partial charge in [0.2, 0.25) is 15.9 Å². The predicted molar refractivity (Wildman–Crippen MR) is 117 cm³/mol. The van der Waals surface area contributed by atoms with Gasteiger partial charge in [0.15, 0.2) is 0 Å². The molecule has 0 spiro atoms. The summed E-state index contributed by atoms with van der Waals surface area (Å²) in [6.45, 7) is 6.53. The van der Waals surface area contributed by atoms with Crippen LogP contribution in [0.15, 0.2) is 53.4 Å². The monoisotopic (exact) mass is 429 g/mol. The molecule has 2 aromatic carbocycles. The topological polar surface area (TPSA) is 95.6 Å². The Kier molecular flexibility index (Phi) is 6.28. The molecule has 1 aliphatic heterocycles. The van der Waals surface area contributed by atoms with Gasteiger partial charge in [-0.25, -0.2) is 8.42 Å². The normalized spacial score (nSPS) is 15.0. The minimum atomic E-state index is -3.48. The molecule has 0 unspecified atom stereocenters. The Hall–Kier alpha value is -2.71. The molecule has 0 atom stereocenters. The zero-order valence-corrected chi connectivity index (χ0v) is 18.3. The first-order valence-electron chi connectivity index (χ1n) is 9.90. The summed E-state index contributed by atoms with van der Waals surface area (Å²) in [5.41, 5.74) is 0.865. The van der Waals surface area contributed by atoms with Crippen LogP contribution >= 0.6 is 0 Å². The van der Waals surface area contributed by atoms with E-state index in [0.29, 0.717) is 30.0 Å². The maximum atomic E-state index is 12.6. The Labute approximate surface area is 177 Å². The molecule has 0 radical (unpaired) electrons. The first-order chi connectivity index (χ1) is 14.1. The molecule has 0 saturated carbocycles. The highest BCUT2D eigenvalue weighted by Gasteiger charge is 2.27. The van der Waals surface area contributed by atoms with Gasteiger partial charge in [-0.15, -0.1) is 0 Å². The zero-order chi connectivity index (χ0) is 21.9. The number of nitrogens with zero attached hydrogens (tertiary/aromatic N) is 1. The summed E-state index contributed by atoms with van der Waals surface area (Å²) in [6, 6.07) is 12.8. The van der Waals surface area contributed by atoms with Crippen LogP contribution in [0, 0.1) is 5.41 Å². The van der Waals surface area contributed by atoms with E-state index >= 15 is 0 Å². The van der Waals surface area contributed by atoms with Crippen LogP contribution in [0.5, 0.6) is 0 Å². The third-order valence-corrected chi connectivity index (χ3v) is 6.79. The second-order valence-corrected chi connectivity index (χ2v) is 10.3. The van der Waals surface area contributed by atoms with E-state index in [-0.39, 0.29) is 16.7 Å². The Balaban J connectivity index is 1.69. The minimum Gasteiger partial charge on any atom is -0.326 e. The first-order valence-corrected chi connectivity index (χ1v) is 11.3. The van der Waals surface area contributed by atoms with Gasteiger partial charge in [-0.3, -0.25) is 9.59 Å². The number of nitrogens with one attached hydrogen (secondary N) is 2. The average molecular weight is 430 g/mol. The van der Waals surface area contributed by atoms with Gasteiger partial charge in [0.1, 0.15) is 0 Å². The van der Waals surface area contributed by atoms with Gasteiger partial charge >= 0.3 is 0 Å². The fraction of sp³-hybridized carbons (Fsp3) is 0.364. The predicted octanol–water partition coefficient (Wildman–Crippen LogP) is 3.71. The van der Waals surface area contributed by atoms with E-state index in [9.17, 15) is 18.0 Å². The molecule has 1 fully saturated rings. The molecule has 8 heteroatoms. The van der Waals surface area contributed by atoms with Crippen LogP contribution in [0.1, 0.15) is 44.0 Å². The SMILES string of the molecule is CC(C)(C)C(=O)Nc1cccc(C(=O)Nc2ccc(S(=O)(=O)N3CCCC3)cc2)c1. The van der Waals surface area contributed by atoms with Crippen LogP contribution in [0.4, 0.5) is 11.4 Å². The summed E-state index contributed by atoms with van der Waals surface area (Å²) in [7, 11) is -3.48. The molecule has 0 aromatic heterocycles. The van der Waals surface area contributed by atoms with Crippen molar-refractivity contribution in [3.8, 4) is 0 Å². The molecule has 7 nitrogen and oxygen atoms in total. The van der Waals surface area contributed by atoms with Gasteiger partial charge in [-0.1, -0.05) is 26.8 Å². The number of anilines is 2. The van der Waals surface area contributed by atoms with Crippen molar-refractivity contribution in [3.05, 3.63) is 54.1 Å². The van der Waals surface area contributed by atoms with Crippen molar-refractivity contribution in [1.29, 1.82) is 0 Å². The Morgan fingerprint density at radius 1 is 0.900 bits per heavy atom. The molecule has 2 amide bonds. The largest absolute Gasteiger partial charge is 0.326 e. The fourth-order valence-corrected chi connectivity index (χ4v) is 4.56. The molecule has 0 aliphatic carbocycles. The molecule has 3 rings (SSSR count). The lowest BCUT2D eigenvalue weighted by Gasteiger charge is -2.18. The zero-order valence-electron chi connectivity index (χ0n) is 17.4. The van der Waals surface area contributed by atoms with E-state index in [0.717, 1.165) is 12.8 Å². The molecular formula is C22H27N3O4S. The maximum Gasteiger partial charge on any atom is 0.255 e. The van der Waals surface area contributed by atoms with E-state index in [1.165, 1.54) is 16.4 Å². The summed E-state index contributed by atoms with van der Waals surface area (Å²) in [5.74, 6) is -0.494. The lowest BCUT2D eigenvalue weighted by Crippen LogP contribution is -2.27. The van der Waals surface area contributed by atoms with Crippen molar-refractivity contribution >= 4 is 33.2 Å². The molecule has 1 saturated heterocycles. The third kappa shape index (κ3) is 5.06. The molecule has 30 heavy (non-hydrogen) atoms. The maximum absolute atomic E-state index is 12.6. The van der Waals surface area contributed by atoms with Crippen molar-refractivity contribution in [2.24, 2.45) is 5.41 Å². The fourth-order valence-electron chi connectivity index (χ4n) is 3.05. The van der Waals surface area contributed by atoms with E-state index in [1.54, 1.807) is 36.4 Å². The smallest absolute Gasteiger partial charge is 0.255 e. The number of rotatable bonds is 5. The summed E-state index contributed by atoms with van der Waals surface area (Å²) in [5, 5.41) is 5.56. The summed E-state index contributed by atoms with van der Waals surface area (Å²) < 4.78 is 26.7. The minimum absolute atomic E-state index is 0.144. The lowest BCUT2D eigenvalue weighted by molar-refractivity contribution is -0.123. The highest BCUT2D eigenvalue weighted by Crippen LogP contribution is 2.23. The van der Waals surface area contributed by atoms with Crippen LogP contribution < -0.4 is 10.6 Å². The van der Waals surface area contributed by atoms with Crippen LogP contribution in [-0.2, 0) is 14.8 Å². The van der Waals surface area contributed by atoms with Gasteiger partial charge in [-0.05, 0) is 55.3 Å². The Morgan fingerprint density at radius 3 is 2.13 bits per heavy atom. The van der Waals surface area contributed by atoms with Crippen LogP contribution in [0.25, 0.3) is 0 Å². The van der Waals surface area contributed by atoms with Crippen LogP contribution in [0.2, 0.25) is 0 Å². The van der Waals surface area contributed by atoms with Crippen LogP contribution in [-0.4, -0.2) is 37.6 Å². The quantitative estimate of drug-likeness (QED) is 0.757. The number of hydrogen-bond donors (Lipinski definition) is 2. The Morgan fingerprint density at radius 2 is 1.53 bits per heavy atom. The highest BCUT2D eigenvalue weighted by molar-refractivity contribution is 7.89. The van der Waals surface area contributed by atoms with Gasteiger partial charge in [0, 0.05) is 35.4 Å². The number of hydrogen-bond acceptors (Lipinski definition) is 4. The lowest BCUT2D eigenvalue weighted by atomic mass is 9.95. The molecule has 2 N–H and O–H groups in total. The van der Waals surface area contributed by atoms with E-state index in [4.69, 9.17) is 0 Å². The number of benzene rings is 2.